The van der Waals surface area contributed by atoms with E-state index in [9.17, 15) is 4.79 Å². The van der Waals surface area contributed by atoms with Gasteiger partial charge in [0.2, 0.25) is 5.91 Å². The van der Waals surface area contributed by atoms with E-state index in [1.54, 1.807) is 0 Å². The zero-order valence-electron chi connectivity index (χ0n) is 10.5. The molecular formula is C14H24N2O. The van der Waals surface area contributed by atoms with Crippen molar-refractivity contribution in [1.82, 2.24) is 5.32 Å². The summed E-state index contributed by atoms with van der Waals surface area (Å²) < 4.78 is 0. The summed E-state index contributed by atoms with van der Waals surface area (Å²) >= 11 is 0. The number of hydrogen-bond acceptors (Lipinski definition) is 2. The fraction of sp³-hybridized carbons (Fsp3) is 0.929. The summed E-state index contributed by atoms with van der Waals surface area (Å²) in [5.74, 6) is 1.90. The van der Waals surface area contributed by atoms with E-state index >= 15 is 0 Å². The summed E-state index contributed by atoms with van der Waals surface area (Å²) in [5.41, 5.74) is 6.08. The molecule has 0 saturated heterocycles. The molecule has 3 aliphatic carbocycles. The first-order valence-electron chi connectivity index (χ1n) is 7.31. The molecule has 3 rings (SSSR count). The molecule has 3 aliphatic rings. The number of carbonyl (C=O) groups is 1. The number of amides is 1. The van der Waals surface area contributed by atoms with E-state index in [1.165, 1.54) is 38.5 Å². The van der Waals surface area contributed by atoms with Crippen LogP contribution in [0.3, 0.4) is 0 Å². The highest BCUT2D eigenvalue weighted by atomic mass is 16.2. The smallest absolute Gasteiger partial charge is 0.224 e. The highest BCUT2D eigenvalue weighted by Crippen LogP contribution is 2.44. The lowest BCUT2D eigenvalue weighted by atomic mass is 9.84. The molecule has 0 aromatic carbocycles. The summed E-state index contributed by atoms with van der Waals surface area (Å²) in [6.45, 7) is 0. The Morgan fingerprint density at radius 3 is 2.12 bits per heavy atom. The Kier molecular flexibility index (Phi) is 3.12. The molecule has 0 heterocycles. The van der Waals surface area contributed by atoms with Crippen molar-refractivity contribution >= 4 is 5.91 Å². The second-order valence-corrected chi connectivity index (χ2v) is 6.26. The molecule has 1 amide bonds. The van der Waals surface area contributed by atoms with Crippen molar-refractivity contribution < 1.29 is 4.79 Å². The lowest BCUT2D eigenvalue weighted by Gasteiger charge is -2.29. The van der Waals surface area contributed by atoms with Gasteiger partial charge < -0.3 is 11.1 Å². The van der Waals surface area contributed by atoms with Crippen LogP contribution in [0.15, 0.2) is 0 Å². The maximum atomic E-state index is 12.3. The maximum Gasteiger partial charge on any atom is 0.224 e. The lowest BCUT2D eigenvalue weighted by molar-refractivity contribution is -0.127. The summed E-state index contributed by atoms with van der Waals surface area (Å²) in [6, 6.07) is 0.583. The first-order chi connectivity index (χ1) is 8.25. The Bertz CT molecular complexity index is 285. The molecule has 0 bridgehead atoms. The van der Waals surface area contributed by atoms with E-state index < -0.39 is 0 Å². The monoisotopic (exact) mass is 236 g/mol. The van der Waals surface area contributed by atoms with E-state index in [-0.39, 0.29) is 17.9 Å². The Labute approximate surface area is 104 Å². The van der Waals surface area contributed by atoms with Crippen LogP contribution < -0.4 is 11.1 Å². The summed E-state index contributed by atoms with van der Waals surface area (Å²) in [6.07, 6.45) is 9.65. The van der Waals surface area contributed by atoms with Gasteiger partial charge in [0.25, 0.3) is 0 Å². The average Bonchev–Trinajstić information content (AvgIpc) is 3.16. The third kappa shape index (κ3) is 2.65. The SMILES string of the molecule is NC1CCCCC1C(=O)NC(C1CC1)C1CC1. The third-order valence-electron chi connectivity index (χ3n) is 4.72. The van der Waals surface area contributed by atoms with E-state index in [2.05, 4.69) is 5.32 Å². The normalized spacial score (nSPS) is 33.8. The van der Waals surface area contributed by atoms with E-state index in [4.69, 9.17) is 5.73 Å². The van der Waals surface area contributed by atoms with Crippen molar-refractivity contribution in [2.75, 3.05) is 0 Å². The van der Waals surface area contributed by atoms with Crippen molar-refractivity contribution in [2.24, 2.45) is 23.5 Å². The fourth-order valence-corrected chi connectivity index (χ4v) is 3.29. The van der Waals surface area contributed by atoms with Crippen molar-refractivity contribution in [1.29, 1.82) is 0 Å². The van der Waals surface area contributed by atoms with Gasteiger partial charge in [0.05, 0.1) is 5.92 Å². The molecule has 2 unspecified atom stereocenters. The molecule has 17 heavy (non-hydrogen) atoms. The van der Waals surface area contributed by atoms with Gasteiger partial charge in [-0.1, -0.05) is 12.8 Å². The van der Waals surface area contributed by atoms with Gasteiger partial charge in [0.1, 0.15) is 0 Å². The van der Waals surface area contributed by atoms with Crippen molar-refractivity contribution in [3.05, 3.63) is 0 Å². The predicted molar refractivity (Wildman–Crippen MR) is 67.3 cm³/mol. The quantitative estimate of drug-likeness (QED) is 0.782. The third-order valence-corrected chi connectivity index (χ3v) is 4.72. The van der Waals surface area contributed by atoms with E-state index in [1.807, 2.05) is 0 Å². The molecule has 3 heteroatoms. The minimum absolute atomic E-state index is 0.0868. The van der Waals surface area contributed by atoms with Crippen LogP contribution in [-0.2, 0) is 4.79 Å². The average molecular weight is 236 g/mol. The van der Waals surface area contributed by atoms with Gasteiger partial charge in [-0.05, 0) is 50.4 Å². The van der Waals surface area contributed by atoms with Crippen molar-refractivity contribution in [2.45, 2.75) is 63.5 Å². The molecule has 2 atom stereocenters. The number of rotatable bonds is 4. The topological polar surface area (TPSA) is 55.1 Å². The predicted octanol–water partition coefficient (Wildman–Crippen LogP) is 1.81. The summed E-state index contributed by atoms with van der Waals surface area (Å²) in [5, 5.41) is 3.32. The van der Waals surface area contributed by atoms with Crippen LogP contribution in [0, 0.1) is 17.8 Å². The van der Waals surface area contributed by atoms with Gasteiger partial charge in [-0.15, -0.1) is 0 Å². The van der Waals surface area contributed by atoms with Gasteiger partial charge in [0.15, 0.2) is 0 Å². The Morgan fingerprint density at radius 1 is 1.00 bits per heavy atom. The van der Waals surface area contributed by atoms with Gasteiger partial charge in [-0.2, -0.15) is 0 Å². The molecule has 3 nitrogen and oxygen atoms in total. The highest BCUT2D eigenvalue weighted by molar-refractivity contribution is 5.80. The standard InChI is InChI=1S/C14H24N2O/c15-12-4-2-1-3-11(12)14(17)16-13(9-5-6-9)10-7-8-10/h9-13H,1-8,15H2,(H,16,17). The molecule has 3 fully saturated rings. The molecule has 0 aromatic rings. The van der Waals surface area contributed by atoms with Crippen LogP contribution in [0.4, 0.5) is 0 Å². The zero-order chi connectivity index (χ0) is 11.8. The Balaban J connectivity index is 1.57. The van der Waals surface area contributed by atoms with Crippen molar-refractivity contribution in [3.63, 3.8) is 0 Å². The van der Waals surface area contributed by atoms with E-state index in [0.717, 1.165) is 24.7 Å². The maximum absolute atomic E-state index is 12.3. The molecule has 3 saturated carbocycles. The van der Waals surface area contributed by atoms with Gasteiger partial charge >= 0.3 is 0 Å². The van der Waals surface area contributed by atoms with Crippen LogP contribution in [0.25, 0.3) is 0 Å². The Morgan fingerprint density at radius 2 is 1.59 bits per heavy atom. The van der Waals surface area contributed by atoms with Gasteiger partial charge in [-0.3, -0.25) is 4.79 Å². The van der Waals surface area contributed by atoms with E-state index in [0.29, 0.717) is 6.04 Å². The van der Waals surface area contributed by atoms with Crippen LogP contribution in [0.2, 0.25) is 0 Å². The fourth-order valence-electron chi connectivity index (χ4n) is 3.29. The molecule has 0 aromatic heterocycles. The molecule has 0 radical (unpaired) electrons. The Hall–Kier alpha value is -0.570. The summed E-state index contributed by atoms with van der Waals surface area (Å²) in [4.78, 5) is 12.3. The first-order valence-corrected chi connectivity index (χ1v) is 7.31. The number of nitrogens with one attached hydrogen (secondary N) is 1. The first kappa shape index (κ1) is 11.5. The minimum Gasteiger partial charge on any atom is -0.353 e. The molecule has 0 aliphatic heterocycles. The van der Waals surface area contributed by atoms with Gasteiger partial charge in [0, 0.05) is 12.1 Å². The van der Waals surface area contributed by atoms with Crippen LogP contribution in [0.5, 0.6) is 0 Å². The van der Waals surface area contributed by atoms with Crippen LogP contribution >= 0.6 is 0 Å². The molecule has 3 N–H and O–H groups in total. The minimum atomic E-state index is 0.0868. The van der Waals surface area contributed by atoms with Crippen molar-refractivity contribution in [3.8, 4) is 0 Å². The summed E-state index contributed by atoms with van der Waals surface area (Å²) in [7, 11) is 0. The van der Waals surface area contributed by atoms with Crippen LogP contribution in [0.1, 0.15) is 51.4 Å². The molecular weight excluding hydrogens is 212 g/mol. The largest absolute Gasteiger partial charge is 0.353 e. The second-order valence-electron chi connectivity index (χ2n) is 6.26. The van der Waals surface area contributed by atoms with Crippen LogP contribution in [-0.4, -0.2) is 18.0 Å². The van der Waals surface area contributed by atoms with Gasteiger partial charge in [-0.25, -0.2) is 0 Å². The number of nitrogens with two attached hydrogens (primary N) is 1. The zero-order valence-corrected chi connectivity index (χ0v) is 10.5. The number of carbonyl (C=O) groups excluding carboxylic acids is 1. The second kappa shape index (κ2) is 4.60. The number of hydrogen-bond donors (Lipinski definition) is 2. The highest BCUT2D eigenvalue weighted by Gasteiger charge is 2.43. The molecule has 96 valence electrons. The molecule has 0 spiro atoms. The lowest BCUT2D eigenvalue weighted by Crippen LogP contribution is -2.48.